The number of carbonyl (C=O) groups is 1. The fourth-order valence-electron chi connectivity index (χ4n) is 2.69. The molecule has 3 rings (SSSR count). The Morgan fingerprint density at radius 3 is 2.67 bits per heavy atom. The lowest BCUT2D eigenvalue weighted by molar-refractivity contribution is 0.0687. The van der Waals surface area contributed by atoms with Gasteiger partial charge in [0.25, 0.3) is 5.91 Å². The topological polar surface area (TPSA) is 55.3 Å². The first-order valence-electron chi connectivity index (χ1n) is 8.96. The number of carbonyl (C=O) groups excluding carboxylic acids is 1. The zero-order chi connectivity index (χ0) is 19.1. The molecule has 0 N–H and O–H groups in total. The molecule has 0 aliphatic carbocycles. The summed E-state index contributed by atoms with van der Waals surface area (Å²) in [6.07, 6.45) is 5.23. The number of aromatic nitrogens is 2. The van der Waals surface area contributed by atoms with Gasteiger partial charge in [-0.25, -0.2) is 0 Å². The van der Waals surface area contributed by atoms with Gasteiger partial charge in [-0.2, -0.15) is 0 Å². The Hall–Kier alpha value is -3.21. The molecule has 2 aromatic heterocycles. The van der Waals surface area contributed by atoms with E-state index in [1.807, 2.05) is 67.3 Å². The summed E-state index contributed by atoms with van der Waals surface area (Å²) >= 11 is 0. The second kappa shape index (κ2) is 8.94. The normalized spacial score (nSPS) is 10.6. The predicted molar refractivity (Wildman–Crippen MR) is 104 cm³/mol. The van der Waals surface area contributed by atoms with Gasteiger partial charge in [0, 0.05) is 35.8 Å². The highest BCUT2D eigenvalue weighted by molar-refractivity contribution is 5.94. The van der Waals surface area contributed by atoms with E-state index in [4.69, 9.17) is 4.74 Å². The van der Waals surface area contributed by atoms with Crippen LogP contribution in [0.1, 0.15) is 35.5 Å². The number of ether oxygens (including phenoxy) is 1. The summed E-state index contributed by atoms with van der Waals surface area (Å²) in [4.78, 5) is 23.3. The summed E-state index contributed by atoms with van der Waals surface area (Å²) in [6, 6.07) is 16.9. The molecule has 0 fully saturated rings. The molecule has 5 heteroatoms. The van der Waals surface area contributed by atoms with Crippen molar-refractivity contribution >= 4 is 5.91 Å². The van der Waals surface area contributed by atoms with E-state index in [0.29, 0.717) is 24.5 Å². The molecular weight excluding hydrogens is 338 g/mol. The quantitative estimate of drug-likeness (QED) is 0.636. The molecule has 0 saturated heterocycles. The maximum absolute atomic E-state index is 13.0. The fourth-order valence-corrected chi connectivity index (χ4v) is 2.69. The lowest BCUT2D eigenvalue weighted by Crippen LogP contribution is -2.36. The minimum atomic E-state index is -0.0394. The van der Waals surface area contributed by atoms with Crippen LogP contribution in [0.5, 0.6) is 5.75 Å². The number of amides is 1. The summed E-state index contributed by atoms with van der Waals surface area (Å²) in [7, 11) is 0. The highest BCUT2D eigenvalue weighted by Gasteiger charge is 2.20. The molecule has 0 saturated carbocycles. The maximum atomic E-state index is 13.0. The molecule has 0 spiro atoms. The summed E-state index contributed by atoms with van der Waals surface area (Å²) < 4.78 is 5.82. The van der Waals surface area contributed by atoms with E-state index in [9.17, 15) is 4.79 Å². The van der Waals surface area contributed by atoms with Crippen LogP contribution in [-0.2, 0) is 13.2 Å². The van der Waals surface area contributed by atoms with Crippen LogP contribution in [-0.4, -0.2) is 26.8 Å². The third-order valence-electron chi connectivity index (χ3n) is 4.15. The molecule has 0 unspecified atom stereocenters. The van der Waals surface area contributed by atoms with E-state index in [0.717, 1.165) is 11.3 Å². The van der Waals surface area contributed by atoms with Crippen molar-refractivity contribution in [3.8, 4) is 5.75 Å². The third kappa shape index (κ3) is 5.14. The van der Waals surface area contributed by atoms with Crippen molar-refractivity contribution in [2.24, 2.45) is 0 Å². The second-order valence-electron chi connectivity index (χ2n) is 6.53. The van der Waals surface area contributed by atoms with Crippen molar-refractivity contribution in [1.29, 1.82) is 0 Å². The van der Waals surface area contributed by atoms with Crippen molar-refractivity contribution in [2.45, 2.75) is 33.0 Å². The molecule has 1 amide bonds. The van der Waals surface area contributed by atoms with Gasteiger partial charge >= 0.3 is 0 Å². The van der Waals surface area contributed by atoms with Gasteiger partial charge in [0.15, 0.2) is 0 Å². The molecule has 0 radical (unpaired) electrons. The average molecular weight is 361 g/mol. The van der Waals surface area contributed by atoms with Gasteiger partial charge in [-0.15, -0.1) is 0 Å². The van der Waals surface area contributed by atoms with Crippen molar-refractivity contribution in [3.05, 3.63) is 90.0 Å². The number of nitrogens with zero attached hydrogens (tertiary/aromatic N) is 3. The number of rotatable bonds is 7. The molecule has 1 aromatic carbocycles. The van der Waals surface area contributed by atoms with Crippen molar-refractivity contribution in [3.63, 3.8) is 0 Å². The van der Waals surface area contributed by atoms with Crippen LogP contribution in [0.2, 0.25) is 0 Å². The molecule has 5 nitrogen and oxygen atoms in total. The van der Waals surface area contributed by atoms with Crippen LogP contribution in [0.3, 0.4) is 0 Å². The van der Waals surface area contributed by atoms with Gasteiger partial charge in [-0.3, -0.25) is 14.8 Å². The molecule has 0 aliphatic heterocycles. The first-order chi connectivity index (χ1) is 13.1. The minimum Gasteiger partial charge on any atom is -0.489 e. The molecule has 3 aromatic rings. The first-order valence-corrected chi connectivity index (χ1v) is 8.96. The van der Waals surface area contributed by atoms with E-state index in [1.54, 1.807) is 24.7 Å². The predicted octanol–water partition coefficient (Wildman–Crippen LogP) is 4.11. The van der Waals surface area contributed by atoms with E-state index in [2.05, 4.69) is 9.97 Å². The third-order valence-corrected chi connectivity index (χ3v) is 4.15. The van der Waals surface area contributed by atoms with Crippen LogP contribution < -0.4 is 4.74 Å². The Morgan fingerprint density at radius 1 is 1.07 bits per heavy atom. The monoisotopic (exact) mass is 361 g/mol. The van der Waals surface area contributed by atoms with Gasteiger partial charge in [-0.05, 0) is 50.2 Å². The standard InChI is InChI=1S/C22H23N3O2/c1-17(2)25(15-20-9-3-4-12-24-20)22(26)19-8-5-10-21(13-19)27-16-18-7-6-11-23-14-18/h3-14,17H,15-16H2,1-2H3. The van der Waals surface area contributed by atoms with Crippen molar-refractivity contribution in [1.82, 2.24) is 14.9 Å². The molecule has 0 bridgehead atoms. The molecule has 2 heterocycles. The van der Waals surface area contributed by atoms with Gasteiger partial charge < -0.3 is 9.64 Å². The molecule has 0 aliphatic rings. The van der Waals surface area contributed by atoms with E-state index in [1.165, 1.54) is 0 Å². The van der Waals surface area contributed by atoms with Crippen LogP contribution in [0, 0.1) is 0 Å². The fraction of sp³-hybridized carbons (Fsp3) is 0.227. The Bertz CT molecular complexity index is 867. The van der Waals surface area contributed by atoms with Crippen molar-refractivity contribution < 1.29 is 9.53 Å². The van der Waals surface area contributed by atoms with Crippen LogP contribution in [0.25, 0.3) is 0 Å². The highest BCUT2D eigenvalue weighted by atomic mass is 16.5. The Kier molecular flexibility index (Phi) is 6.15. The highest BCUT2D eigenvalue weighted by Crippen LogP contribution is 2.18. The molecule has 27 heavy (non-hydrogen) atoms. The lowest BCUT2D eigenvalue weighted by atomic mass is 10.1. The van der Waals surface area contributed by atoms with E-state index < -0.39 is 0 Å². The zero-order valence-corrected chi connectivity index (χ0v) is 15.6. The summed E-state index contributed by atoms with van der Waals surface area (Å²) in [5.41, 5.74) is 2.44. The van der Waals surface area contributed by atoms with Crippen LogP contribution >= 0.6 is 0 Å². The average Bonchev–Trinajstić information content (AvgIpc) is 2.71. The molecule has 0 atom stereocenters. The Balaban J connectivity index is 1.72. The van der Waals surface area contributed by atoms with Crippen molar-refractivity contribution in [2.75, 3.05) is 0 Å². The van der Waals surface area contributed by atoms with Crippen LogP contribution in [0.4, 0.5) is 0 Å². The first kappa shape index (κ1) is 18.6. The summed E-state index contributed by atoms with van der Waals surface area (Å²) in [5.74, 6) is 0.619. The van der Waals surface area contributed by atoms with Gasteiger partial charge in [0.2, 0.25) is 0 Å². The summed E-state index contributed by atoms with van der Waals surface area (Å²) in [5, 5.41) is 0. The van der Waals surface area contributed by atoms with Crippen LogP contribution in [0.15, 0.2) is 73.2 Å². The number of benzene rings is 1. The largest absolute Gasteiger partial charge is 0.489 e. The van der Waals surface area contributed by atoms with Gasteiger partial charge in [0.05, 0.1) is 12.2 Å². The van der Waals surface area contributed by atoms with E-state index >= 15 is 0 Å². The van der Waals surface area contributed by atoms with Gasteiger partial charge in [0.1, 0.15) is 12.4 Å². The maximum Gasteiger partial charge on any atom is 0.254 e. The lowest BCUT2D eigenvalue weighted by Gasteiger charge is -2.26. The number of pyridine rings is 2. The number of hydrogen-bond acceptors (Lipinski definition) is 4. The number of hydrogen-bond donors (Lipinski definition) is 0. The Labute approximate surface area is 159 Å². The second-order valence-corrected chi connectivity index (χ2v) is 6.53. The Morgan fingerprint density at radius 2 is 1.96 bits per heavy atom. The van der Waals surface area contributed by atoms with E-state index in [-0.39, 0.29) is 11.9 Å². The summed E-state index contributed by atoms with van der Waals surface area (Å²) in [6.45, 7) is 4.89. The minimum absolute atomic E-state index is 0.0394. The SMILES string of the molecule is CC(C)N(Cc1ccccn1)C(=O)c1cccc(OCc2cccnc2)c1. The van der Waals surface area contributed by atoms with Gasteiger partial charge in [-0.1, -0.05) is 18.2 Å². The molecular formula is C22H23N3O2. The zero-order valence-electron chi connectivity index (χ0n) is 15.6. The molecule has 138 valence electrons. The smallest absolute Gasteiger partial charge is 0.254 e.